The van der Waals surface area contributed by atoms with Crippen molar-refractivity contribution in [2.75, 3.05) is 6.61 Å². The predicted molar refractivity (Wildman–Crippen MR) is 90.1 cm³/mol. The molecule has 3 atom stereocenters. The lowest BCUT2D eigenvalue weighted by Crippen LogP contribution is -2.47. The van der Waals surface area contributed by atoms with E-state index in [0.29, 0.717) is 17.9 Å². The number of ketones is 2. The molecule has 5 nitrogen and oxygen atoms in total. The topological polar surface area (TPSA) is 83.8 Å². The molecule has 1 aromatic carbocycles. The first-order valence-electron chi connectivity index (χ1n) is 8.07. The van der Waals surface area contributed by atoms with E-state index in [1.807, 2.05) is 6.92 Å². The summed E-state index contributed by atoms with van der Waals surface area (Å²) in [7, 11) is 0. The lowest BCUT2D eigenvalue weighted by Gasteiger charge is -2.42. The molecule has 0 aromatic heterocycles. The maximum Gasteiger partial charge on any atom is 0.159 e. The SMILES string of the molecule is CCOc1ccc([C@H]2C(C(C)=O)=C(O)C[C@@](C)(O)[C@@H]2C(C)=O)cc1. The fourth-order valence-corrected chi connectivity index (χ4v) is 3.64. The van der Waals surface area contributed by atoms with Crippen LogP contribution in [0.15, 0.2) is 35.6 Å². The zero-order chi connectivity index (χ0) is 18.1. The molecule has 24 heavy (non-hydrogen) atoms. The predicted octanol–water partition coefficient (Wildman–Crippen LogP) is 2.93. The van der Waals surface area contributed by atoms with Crippen LogP contribution in [0.3, 0.4) is 0 Å². The molecular formula is C19H24O5. The summed E-state index contributed by atoms with van der Waals surface area (Å²) in [5, 5.41) is 21.0. The second-order valence-corrected chi connectivity index (χ2v) is 6.52. The van der Waals surface area contributed by atoms with Gasteiger partial charge in [0.2, 0.25) is 0 Å². The van der Waals surface area contributed by atoms with Crippen LogP contribution >= 0.6 is 0 Å². The van der Waals surface area contributed by atoms with E-state index in [1.54, 1.807) is 24.3 Å². The van der Waals surface area contributed by atoms with E-state index >= 15 is 0 Å². The lowest BCUT2D eigenvalue weighted by atomic mass is 9.64. The number of Topliss-reactive ketones (excluding diaryl/α,β-unsaturated/α-hetero) is 2. The second-order valence-electron chi connectivity index (χ2n) is 6.52. The molecule has 0 saturated heterocycles. The molecule has 5 heteroatoms. The molecular weight excluding hydrogens is 308 g/mol. The number of allylic oxidation sites excluding steroid dienone is 1. The molecule has 1 aliphatic rings. The van der Waals surface area contributed by atoms with E-state index in [0.717, 1.165) is 0 Å². The summed E-state index contributed by atoms with van der Waals surface area (Å²) in [6.45, 7) is 6.71. The third-order valence-electron chi connectivity index (χ3n) is 4.52. The summed E-state index contributed by atoms with van der Waals surface area (Å²) in [4.78, 5) is 24.3. The van der Waals surface area contributed by atoms with Crippen molar-refractivity contribution in [1.29, 1.82) is 0 Å². The van der Waals surface area contributed by atoms with E-state index in [-0.39, 0.29) is 29.3 Å². The molecule has 2 N–H and O–H groups in total. The molecule has 0 spiro atoms. The smallest absolute Gasteiger partial charge is 0.159 e. The van der Waals surface area contributed by atoms with Gasteiger partial charge in [-0.1, -0.05) is 12.1 Å². The Balaban J connectivity index is 2.59. The van der Waals surface area contributed by atoms with Crippen LogP contribution in [0.2, 0.25) is 0 Å². The maximum atomic E-state index is 12.2. The summed E-state index contributed by atoms with van der Waals surface area (Å²) in [5.74, 6) is -1.47. The van der Waals surface area contributed by atoms with Crippen molar-refractivity contribution in [1.82, 2.24) is 0 Å². The number of rotatable bonds is 5. The van der Waals surface area contributed by atoms with Crippen molar-refractivity contribution < 1.29 is 24.5 Å². The zero-order valence-corrected chi connectivity index (χ0v) is 14.5. The first kappa shape index (κ1) is 18.2. The Labute approximate surface area is 142 Å². The Morgan fingerprint density at radius 1 is 1.25 bits per heavy atom. The third kappa shape index (κ3) is 3.36. The molecule has 130 valence electrons. The Morgan fingerprint density at radius 2 is 1.83 bits per heavy atom. The second kappa shape index (κ2) is 6.77. The number of carbonyl (C=O) groups is 2. The van der Waals surface area contributed by atoms with Crippen molar-refractivity contribution in [3.63, 3.8) is 0 Å². The Bertz CT molecular complexity index is 670. The van der Waals surface area contributed by atoms with Gasteiger partial charge in [0.1, 0.15) is 17.3 Å². The highest BCUT2D eigenvalue weighted by molar-refractivity contribution is 5.97. The van der Waals surface area contributed by atoms with Gasteiger partial charge in [-0.25, -0.2) is 0 Å². The number of hydrogen-bond donors (Lipinski definition) is 2. The molecule has 0 saturated carbocycles. The fraction of sp³-hybridized carbons (Fsp3) is 0.474. The van der Waals surface area contributed by atoms with Crippen LogP contribution in [0.1, 0.15) is 45.6 Å². The van der Waals surface area contributed by atoms with E-state index in [4.69, 9.17) is 4.74 Å². The number of carbonyl (C=O) groups excluding carboxylic acids is 2. The first-order valence-corrected chi connectivity index (χ1v) is 8.07. The zero-order valence-electron chi connectivity index (χ0n) is 14.5. The van der Waals surface area contributed by atoms with Gasteiger partial charge in [0, 0.05) is 17.9 Å². The number of benzene rings is 1. The van der Waals surface area contributed by atoms with Gasteiger partial charge in [-0.3, -0.25) is 9.59 Å². The van der Waals surface area contributed by atoms with Crippen molar-refractivity contribution >= 4 is 11.6 Å². The van der Waals surface area contributed by atoms with E-state index < -0.39 is 17.4 Å². The monoisotopic (exact) mass is 332 g/mol. The van der Waals surface area contributed by atoms with Crippen LogP contribution in [-0.2, 0) is 9.59 Å². The molecule has 1 aromatic rings. The van der Waals surface area contributed by atoms with E-state index in [2.05, 4.69) is 0 Å². The van der Waals surface area contributed by atoms with Crippen LogP contribution in [0.5, 0.6) is 5.75 Å². The van der Waals surface area contributed by atoms with Gasteiger partial charge in [-0.15, -0.1) is 0 Å². The van der Waals surface area contributed by atoms with Crippen LogP contribution in [0.25, 0.3) is 0 Å². The van der Waals surface area contributed by atoms with Crippen LogP contribution in [0.4, 0.5) is 0 Å². The van der Waals surface area contributed by atoms with Gasteiger partial charge in [-0.2, -0.15) is 0 Å². The van der Waals surface area contributed by atoms with Gasteiger partial charge in [0.05, 0.1) is 18.1 Å². The normalized spacial score (nSPS) is 27.0. The molecule has 1 aliphatic carbocycles. The maximum absolute atomic E-state index is 12.2. The third-order valence-corrected chi connectivity index (χ3v) is 4.52. The summed E-state index contributed by atoms with van der Waals surface area (Å²) in [6.07, 6.45) is -0.111. The largest absolute Gasteiger partial charge is 0.512 e. The molecule has 0 aliphatic heterocycles. The molecule has 0 heterocycles. The molecule has 0 bridgehead atoms. The number of ether oxygens (including phenoxy) is 1. The highest BCUT2D eigenvalue weighted by Crippen LogP contribution is 2.47. The highest BCUT2D eigenvalue weighted by Gasteiger charge is 2.49. The highest BCUT2D eigenvalue weighted by atomic mass is 16.5. The van der Waals surface area contributed by atoms with Gasteiger partial charge < -0.3 is 14.9 Å². The molecule has 0 unspecified atom stereocenters. The summed E-state index contributed by atoms with van der Waals surface area (Å²) in [6, 6.07) is 7.05. The van der Waals surface area contributed by atoms with Crippen molar-refractivity contribution in [2.24, 2.45) is 5.92 Å². The number of aliphatic hydroxyl groups excluding tert-OH is 1. The number of hydrogen-bond acceptors (Lipinski definition) is 5. The lowest BCUT2D eigenvalue weighted by molar-refractivity contribution is -0.132. The van der Waals surface area contributed by atoms with Gasteiger partial charge in [0.15, 0.2) is 5.78 Å². The summed E-state index contributed by atoms with van der Waals surface area (Å²) >= 11 is 0. The van der Waals surface area contributed by atoms with Gasteiger partial charge in [0.25, 0.3) is 0 Å². The minimum Gasteiger partial charge on any atom is -0.512 e. The van der Waals surface area contributed by atoms with Crippen molar-refractivity contribution in [2.45, 2.75) is 45.6 Å². The molecule has 0 radical (unpaired) electrons. The van der Waals surface area contributed by atoms with Crippen molar-refractivity contribution in [3.05, 3.63) is 41.2 Å². The van der Waals surface area contributed by atoms with Crippen LogP contribution < -0.4 is 4.74 Å². The quantitative estimate of drug-likeness (QED) is 0.866. The average Bonchev–Trinajstić information content (AvgIpc) is 2.45. The standard InChI is InChI=1S/C19H24O5/c1-5-24-14-8-6-13(7-9-14)17-16(11(2)20)15(22)10-19(4,23)18(17)12(3)21/h6-9,17-18,22-23H,5,10H2,1-4H3/t17-,18+,19+/m0/s1. The van der Waals surface area contributed by atoms with E-state index in [9.17, 15) is 19.8 Å². The molecule has 2 rings (SSSR count). The van der Waals surface area contributed by atoms with Gasteiger partial charge >= 0.3 is 0 Å². The molecule has 0 fully saturated rings. The Kier molecular flexibility index (Phi) is 5.13. The minimum absolute atomic E-state index is 0.111. The van der Waals surface area contributed by atoms with Gasteiger partial charge in [-0.05, 0) is 45.4 Å². The summed E-state index contributed by atoms with van der Waals surface area (Å²) in [5.41, 5.74) is -0.528. The fourth-order valence-electron chi connectivity index (χ4n) is 3.64. The summed E-state index contributed by atoms with van der Waals surface area (Å²) < 4.78 is 5.41. The van der Waals surface area contributed by atoms with E-state index in [1.165, 1.54) is 20.8 Å². The average molecular weight is 332 g/mol. The number of aliphatic hydroxyl groups is 2. The van der Waals surface area contributed by atoms with Crippen LogP contribution in [-0.4, -0.2) is 34.0 Å². The van der Waals surface area contributed by atoms with Crippen molar-refractivity contribution in [3.8, 4) is 5.75 Å². The van der Waals surface area contributed by atoms with Crippen LogP contribution in [0, 0.1) is 5.92 Å². The minimum atomic E-state index is -1.42. The Hall–Kier alpha value is -2.14. The Morgan fingerprint density at radius 3 is 2.29 bits per heavy atom. The molecule has 0 amide bonds. The first-order chi connectivity index (χ1) is 11.2.